The van der Waals surface area contributed by atoms with Gasteiger partial charge in [-0.2, -0.15) is 0 Å². The molecular weight excluding hydrogens is 266 g/mol. The van der Waals surface area contributed by atoms with Gasteiger partial charge in [0.15, 0.2) is 0 Å². The number of esters is 1. The average Bonchev–Trinajstić information content (AvgIpc) is 2.92. The lowest BCUT2D eigenvalue weighted by atomic mass is 10.1. The molecule has 5 nitrogen and oxygen atoms in total. The van der Waals surface area contributed by atoms with Crippen molar-refractivity contribution in [2.45, 2.75) is 13.5 Å². The molecule has 0 aliphatic heterocycles. The van der Waals surface area contributed by atoms with E-state index in [9.17, 15) is 4.79 Å². The molecule has 0 bridgehead atoms. The summed E-state index contributed by atoms with van der Waals surface area (Å²) in [6.07, 6.45) is 5.33. The highest BCUT2D eigenvalue weighted by Gasteiger charge is 2.07. The number of carbonyl (C=O) groups is 1. The number of pyridine rings is 1. The number of nitrogens with zero attached hydrogens (tertiary/aromatic N) is 3. The largest absolute Gasteiger partial charge is 0.462 e. The average molecular weight is 281 g/mol. The zero-order valence-corrected chi connectivity index (χ0v) is 11.7. The molecule has 0 fully saturated rings. The van der Waals surface area contributed by atoms with Gasteiger partial charge in [-0.15, -0.1) is 0 Å². The monoisotopic (exact) mass is 281 g/mol. The van der Waals surface area contributed by atoms with Crippen molar-refractivity contribution in [3.05, 3.63) is 60.2 Å². The highest BCUT2D eigenvalue weighted by atomic mass is 16.5. The van der Waals surface area contributed by atoms with Gasteiger partial charge in [-0.05, 0) is 30.7 Å². The maximum atomic E-state index is 11.6. The van der Waals surface area contributed by atoms with Gasteiger partial charge in [0.1, 0.15) is 0 Å². The van der Waals surface area contributed by atoms with Crippen molar-refractivity contribution >= 4 is 17.0 Å². The second-order valence-corrected chi connectivity index (χ2v) is 4.65. The molecule has 3 rings (SSSR count). The number of benzene rings is 1. The summed E-state index contributed by atoms with van der Waals surface area (Å²) in [4.78, 5) is 20.1. The van der Waals surface area contributed by atoms with Crippen LogP contribution in [0.1, 0.15) is 22.8 Å². The van der Waals surface area contributed by atoms with Crippen LogP contribution in [0.15, 0.2) is 49.1 Å². The van der Waals surface area contributed by atoms with E-state index in [2.05, 4.69) is 9.97 Å². The zero-order chi connectivity index (χ0) is 14.7. The summed E-state index contributed by atoms with van der Waals surface area (Å²) in [7, 11) is 0. The summed E-state index contributed by atoms with van der Waals surface area (Å²) in [5.41, 5.74) is 3.57. The van der Waals surface area contributed by atoms with Crippen LogP contribution >= 0.6 is 0 Å². The van der Waals surface area contributed by atoms with E-state index in [0.717, 1.165) is 16.6 Å². The van der Waals surface area contributed by atoms with E-state index >= 15 is 0 Å². The van der Waals surface area contributed by atoms with Crippen molar-refractivity contribution in [3.63, 3.8) is 0 Å². The Morgan fingerprint density at radius 3 is 2.81 bits per heavy atom. The van der Waals surface area contributed by atoms with E-state index in [1.165, 1.54) is 0 Å². The lowest BCUT2D eigenvalue weighted by Gasteiger charge is -2.06. The fourth-order valence-corrected chi connectivity index (χ4v) is 2.19. The quantitative estimate of drug-likeness (QED) is 0.690. The lowest BCUT2D eigenvalue weighted by molar-refractivity contribution is 0.0526. The molecular formula is C16H15N3O2. The van der Waals surface area contributed by atoms with Crippen molar-refractivity contribution in [1.82, 2.24) is 14.5 Å². The number of aromatic nitrogens is 3. The molecule has 0 N–H and O–H groups in total. The third-order valence-corrected chi connectivity index (χ3v) is 3.24. The van der Waals surface area contributed by atoms with E-state index in [0.29, 0.717) is 18.7 Å². The maximum Gasteiger partial charge on any atom is 0.338 e. The first kappa shape index (κ1) is 13.3. The van der Waals surface area contributed by atoms with Gasteiger partial charge in [-0.25, -0.2) is 9.78 Å². The Bertz CT molecular complexity index is 763. The number of carbonyl (C=O) groups excluding carboxylic acids is 1. The highest BCUT2D eigenvalue weighted by Crippen LogP contribution is 2.13. The molecule has 21 heavy (non-hydrogen) atoms. The predicted octanol–water partition coefficient (Wildman–Crippen LogP) is 2.66. The molecule has 2 heterocycles. The molecule has 0 saturated carbocycles. The topological polar surface area (TPSA) is 57.0 Å². The van der Waals surface area contributed by atoms with Gasteiger partial charge in [-0.1, -0.05) is 12.1 Å². The van der Waals surface area contributed by atoms with Crippen molar-refractivity contribution in [2.24, 2.45) is 0 Å². The number of rotatable bonds is 4. The molecule has 0 atom stereocenters. The minimum absolute atomic E-state index is 0.290. The fourth-order valence-electron chi connectivity index (χ4n) is 2.19. The Balaban J connectivity index is 1.80. The first-order valence-electron chi connectivity index (χ1n) is 6.79. The van der Waals surface area contributed by atoms with Gasteiger partial charge in [0.05, 0.1) is 35.7 Å². The summed E-state index contributed by atoms with van der Waals surface area (Å²) < 4.78 is 7.00. The Labute approximate surface area is 122 Å². The predicted molar refractivity (Wildman–Crippen MR) is 79.0 cm³/mol. The fraction of sp³-hybridized carbons (Fsp3) is 0.188. The highest BCUT2D eigenvalue weighted by molar-refractivity contribution is 5.89. The molecule has 0 amide bonds. The van der Waals surface area contributed by atoms with Gasteiger partial charge < -0.3 is 9.30 Å². The summed E-state index contributed by atoms with van der Waals surface area (Å²) in [6.45, 7) is 2.87. The van der Waals surface area contributed by atoms with Crippen molar-refractivity contribution in [3.8, 4) is 0 Å². The number of hydrogen-bond donors (Lipinski definition) is 0. The SMILES string of the molecule is CCOC(=O)c1ccc(Cn2cnc3ccncc32)cc1. The Morgan fingerprint density at radius 1 is 1.24 bits per heavy atom. The number of ether oxygens (including phenoxy) is 1. The zero-order valence-electron chi connectivity index (χ0n) is 11.7. The molecule has 0 spiro atoms. The van der Waals surface area contributed by atoms with E-state index in [1.807, 2.05) is 22.8 Å². The Kier molecular flexibility index (Phi) is 3.64. The van der Waals surface area contributed by atoms with Crippen LogP contribution in [-0.4, -0.2) is 27.1 Å². The first-order chi connectivity index (χ1) is 10.3. The minimum Gasteiger partial charge on any atom is -0.462 e. The van der Waals surface area contributed by atoms with Crippen LogP contribution in [0.5, 0.6) is 0 Å². The number of imidazole rings is 1. The van der Waals surface area contributed by atoms with Crippen LogP contribution in [-0.2, 0) is 11.3 Å². The van der Waals surface area contributed by atoms with Gasteiger partial charge in [0, 0.05) is 12.7 Å². The third-order valence-electron chi connectivity index (χ3n) is 3.24. The standard InChI is InChI=1S/C16H15N3O2/c1-2-21-16(20)13-5-3-12(4-6-13)10-19-11-18-14-7-8-17-9-15(14)19/h3-9,11H,2,10H2,1H3. The molecule has 0 aliphatic carbocycles. The second kappa shape index (κ2) is 5.75. The Morgan fingerprint density at radius 2 is 2.05 bits per heavy atom. The molecule has 0 radical (unpaired) electrons. The van der Waals surface area contributed by atoms with E-state index in [-0.39, 0.29) is 5.97 Å². The van der Waals surface area contributed by atoms with Gasteiger partial charge in [-0.3, -0.25) is 4.98 Å². The Hall–Kier alpha value is -2.69. The molecule has 0 saturated heterocycles. The third kappa shape index (κ3) is 2.76. The van der Waals surface area contributed by atoms with E-state index < -0.39 is 0 Å². The summed E-state index contributed by atoms with van der Waals surface area (Å²) >= 11 is 0. The second-order valence-electron chi connectivity index (χ2n) is 4.65. The van der Waals surface area contributed by atoms with E-state index in [4.69, 9.17) is 4.74 Å². The molecule has 2 aromatic heterocycles. The van der Waals surface area contributed by atoms with Crippen LogP contribution in [0.4, 0.5) is 0 Å². The van der Waals surface area contributed by atoms with Crippen LogP contribution in [0.3, 0.4) is 0 Å². The molecule has 0 unspecified atom stereocenters. The van der Waals surface area contributed by atoms with Crippen molar-refractivity contribution < 1.29 is 9.53 Å². The normalized spacial score (nSPS) is 10.7. The number of fused-ring (bicyclic) bond motifs is 1. The van der Waals surface area contributed by atoms with E-state index in [1.54, 1.807) is 37.8 Å². The summed E-state index contributed by atoms with van der Waals surface area (Å²) in [6, 6.07) is 9.30. The molecule has 106 valence electrons. The van der Waals surface area contributed by atoms with Crippen LogP contribution in [0, 0.1) is 0 Å². The van der Waals surface area contributed by atoms with Crippen molar-refractivity contribution in [1.29, 1.82) is 0 Å². The van der Waals surface area contributed by atoms with Crippen LogP contribution in [0.25, 0.3) is 11.0 Å². The van der Waals surface area contributed by atoms with Crippen molar-refractivity contribution in [2.75, 3.05) is 6.61 Å². The minimum atomic E-state index is -0.290. The number of hydrogen-bond acceptors (Lipinski definition) is 4. The van der Waals surface area contributed by atoms with Gasteiger partial charge in [0.25, 0.3) is 0 Å². The first-order valence-corrected chi connectivity index (χ1v) is 6.79. The molecule has 0 aliphatic rings. The lowest BCUT2D eigenvalue weighted by Crippen LogP contribution is -2.05. The van der Waals surface area contributed by atoms with Crippen LogP contribution < -0.4 is 0 Å². The summed E-state index contributed by atoms with van der Waals surface area (Å²) in [5.74, 6) is -0.290. The maximum absolute atomic E-state index is 11.6. The van der Waals surface area contributed by atoms with Gasteiger partial charge >= 0.3 is 5.97 Å². The van der Waals surface area contributed by atoms with Gasteiger partial charge in [0.2, 0.25) is 0 Å². The molecule has 1 aromatic carbocycles. The summed E-state index contributed by atoms with van der Waals surface area (Å²) in [5, 5.41) is 0. The molecule has 5 heteroatoms. The van der Waals surface area contributed by atoms with Crippen LogP contribution in [0.2, 0.25) is 0 Å². The smallest absolute Gasteiger partial charge is 0.338 e. The molecule has 3 aromatic rings.